The Balaban J connectivity index is 1.65. The lowest BCUT2D eigenvalue weighted by Gasteiger charge is -2.13. The zero-order chi connectivity index (χ0) is 22.8. The zero-order valence-corrected chi connectivity index (χ0v) is 19.8. The van der Waals surface area contributed by atoms with Crippen molar-refractivity contribution >= 4 is 40.5 Å². The molecule has 4 aromatic rings. The average molecular weight is 446 g/mol. The number of oxazole rings is 1. The van der Waals surface area contributed by atoms with Crippen LogP contribution in [0.25, 0.3) is 22.2 Å². The van der Waals surface area contributed by atoms with Crippen LogP contribution in [-0.2, 0) is 5.75 Å². The smallest absolute Gasteiger partial charge is 0.300 e. The quantitative estimate of drug-likeness (QED) is 0.371. The van der Waals surface area contributed by atoms with Crippen LogP contribution in [0.3, 0.4) is 0 Å². The van der Waals surface area contributed by atoms with Gasteiger partial charge in [0.05, 0.1) is 0 Å². The Kier molecular flexibility index (Phi) is 6.24. The molecule has 0 unspecified atom stereocenters. The Morgan fingerprint density at radius 3 is 2.56 bits per heavy atom. The number of anilines is 2. The van der Waals surface area contributed by atoms with E-state index >= 15 is 0 Å². The zero-order valence-electron chi connectivity index (χ0n) is 19.0. The molecule has 6 heteroatoms. The molecule has 0 aliphatic heterocycles. The molecule has 3 aromatic carbocycles. The Labute approximate surface area is 192 Å². The number of aryl methyl sites for hydroxylation is 2. The Morgan fingerprint density at radius 1 is 1.06 bits per heavy atom. The summed E-state index contributed by atoms with van der Waals surface area (Å²) in [7, 11) is 3.50. The van der Waals surface area contributed by atoms with Crippen LogP contribution in [0, 0.1) is 13.8 Å². The number of aromatic nitrogens is 1. The van der Waals surface area contributed by atoms with Gasteiger partial charge < -0.3 is 14.6 Å². The minimum atomic E-state index is -0.0144. The summed E-state index contributed by atoms with van der Waals surface area (Å²) in [6, 6.07) is 18.6. The van der Waals surface area contributed by atoms with Crippen molar-refractivity contribution in [3.05, 3.63) is 76.9 Å². The number of para-hydroxylation sites is 1. The second kappa shape index (κ2) is 9.09. The number of nitrogens with zero attached hydrogens (tertiary/aromatic N) is 2. The van der Waals surface area contributed by atoms with E-state index in [-0.39, 0.29) is 5.91 Å². The predicted molar refractivity (Wildman–Crippen MR) is 134 cm³/mol. The van der Waals surface area contributed by atoms with E-state index in [1.165, 1.54) is 11.1 Å². The highest BCUT2D eigenvalue weighted by Crippen LogP contribution is 2.33. The summed E-state index contributed by atoms with van der Waals surface area (Å²) in [6.45, 7) is 4.07. The van der Waals surface area contributed by atoms with Gasteiger partial charge in [-0.25, -0.2) is 0 Å². The first kappa shape index (κ1) is 22.0. The molecule has 1 N–H and O–H groups in total. The largest absolute Gasteiger partial charge is 0.423 e. The molecule has 0 aliphatic carbocycles. The molecule has 0 aliphatic rings. The van der Waals surface area contributed by atoms with Crippen LogP contribution in [0.15, 0.2) is 59.0 Å². The van der Waals surface area contributed by atoms with E-state index in [1.807, 2.05) is 49.0 Å². The molecule has 5 nitrogen and oxygen atoms in total. The number of thioether (sulfide) groups is 1. The van der Waals surface area contributed by atoms with Crippen molar-refractivity contribution in [3.63, 3.8) is 0 Å². The molecule has 1 amide bonds. The van der Waals surface area contributed by atoms with Gasteiger partial charge in [0, 0.05) is 36.7 Å². The number of amides is 1. The van der Waals surface area contributed by atoms with E-state index in [0.717, 1.165) is 39.2 Å². The first-order chi connectivity index (χ1) is 15.4. The van der Waals surface area contributed by atoms with Crippen LogP contribution in [0.2, 0.25) is 0 Å². The van der Waals surface area contributed by atoms with Gasteiger partial charge in [-0.1, -0.05) is 30.3 Å². The molecule has 1 aromatic heterocycles. The fraction of sp³-hybridized carbons (Fsp3) is 0.231. The van der Waals surface area contributed by atoms with Gasteiger partial charge in [-0.3, -0.25) is 4.79 Å². The summed E-state index contributed by atoms with van der Waals surface area (Å²) in [5, 5.41) is 3.24. The average Bonchev–Trinajstić information content (AvgIpc) is 3.17. The molecule has 0 spiro atoms. The third-order valence-corrected chi connectivity index (χ3v) is 6.08. The molecule has 1 heterocycles. The standard InChI is InChI=1S/C26H27N3O2S/c1-16-13-18(9-10-19(16)15-32-5)22-7-6-8-23-24(22)31-26(28-23)27-20-11-12-21(17(2)14-20)25(30)29(3)4/h6-14H,15H2,1-5H3,(H,27,28). The van der Waals surface area contributed by atoms with Crippen LogP contribution in [0.4, 0.5) is 11.7 Å². The highest BCUT2D eigenvalue weighted by Gasteiger charge is 2.14. The highest BCUT2D eigenvalue weighted by molar-refractivity contribution is 7.97. The number of nitrogens with one attached hydrogen (secondary N) is 1. The summed E-state index contributed by atoms with van der Waals surface area (Å²) < 4.78 is 6.13. The summed E-state index contributed by atoms with van der Waals surface area (Å²) in [4.78, 5) is 18.5. The van der Waals surface area contributed by atoms with Crippen molar-refractivity contribution < 1.29 is 9.21 Å². The number of rotatable bonds is 6. The maximum absolute atomic E-state index is 12.3. The number of fused-ring (bicyclic) bond motifs is 1. The van der Waals surface area contributed by atoms with E-state index < -0.39 is 0 Å². The topological polar surface area (TPSA) is 58.4 Å². The van der Waals surface area contributed by atoms with E-state index in [9.17, 15) is 4.79 Å². The van der Waals surface area contributed by atoms with Crippen LogP contribution in [0.1, 0.15) is 27.0 Å². The molecule has 0 bridgehead atoms. The summed E-state index contributed by atoms with van der Waals surface area (Å²) in [5.41, 5.74) is 8.70. The van der Waals surface area contributed by atoms with Crippen molar-refractivity contribution in [2.24, 2.45) is 0 Å². The third kappa shape index (κ3) is 4.36. The van der Waals surface area contributed by atoms with Crippen LogP contribution in [0.5, 0.6) is 0 Å². The van der Waals surface area contributed by atoms with Gasteiger partial charge >= 0.3 is 0 Å². The molecular weight excluding hydrogens is 418 g/mol. The molecular formula is C26H27N3O2S. The van der Waals surface area contributed by atoms with E-state index in [2.05, 4.69) is 47.7 Å². The van der Waals surface area contributed by atoms with Crippen molar-refractivity contribution in [2.45, 2.75) is 19.6 Å². The molecule has 0 atom stereocenters. The number of hydrogen-bond acceptors (Lipinski definition) is 5. The van der Waals surface area contributed by atoms with Crippen LogP contribution in [-0.4, -0.2) is 36.1 Å². The minimum absolute atomic E-state index is 0.0144. The Morgan fingerprint density at radius 2 is 1.88 bits per heavy atom. The molecule has 0 saturated heterocycles. The Bertz CT molecular complexity index is 1290. The molecule has 0 fully saturated rings. The van der Waals surface area contributed by atoms with Crippen LogP contribution >= 0.6 is 11.8 Å². The predicted octanol–water partition coefficient (Wildman–Crippen LogP) is 6.42. The van der Waals surface area contributed by atoms with Crippen molar-refractivity contribution in [2.75, 3.05) is 25.7 Å². The monoisotopic (exact) mass is 445 g/mol. The SMILES string of the molecule is CSCc1ccc(-c2cccc3nc(Nc4ccc(C(=O)N(C)C)c(C)c4)oc23)cc1C. The van der Waals surface area contributed by atoms with Gasteiger partial charge in [0.2, 0.25) is 0 Å². The fourth-order valence-electron chi connectivity index (χ4n) is 3.76. The summed E-state index contributed by atoms with van der Waals surface area (Å²) in [5.74, 6) is 0.991. The maximum atomic E-state index is 12.3. The number of benzene rings is 3. The first-order valence-electron chi connectivity index (χ1n) is 10.4. The second-order valence-corrected chi connectivity index (χ2v) is 8.97. The summed E-state index contributed by atoms with van der Waals surface area (Å²) >= 11 is 1.82. The molecule has 0 saturated carbocycles. The number of carbonyl (C=O) groups excluding carboxylic acids is 1. The Hall–Kier alpha value is -3.25. The number of hydrogen-bond donors (Lipinski definition) is 1. The third-order valence-electron chi connectivity index (χ3n) is 5.48. The highest BCUT2D eigenvalue weighted by atomic mass is 32.2. The van der Waals surface area contributed by atoms with Gasteiger partial charge in [-0.05, 0) is 66.6 Å². The van der Waals surface area contributed by atoms with Gasteiger partial charge in [-0.15, -0.1) is 0 Å². The minimum Gasteiger partial charge on any atom is -0.423 e. The van der Waals surface area contributed by atoms with Crippen molar-refractivity contribution in [1.82, 2.24) is 9.88 Å². The van der Waals surface area contributed by atoms with Crippen molar-refractivity contribution in [3.8, 4) is 11.1 Å². The lowest BCUT2D eigenvalue weighted by atomic mass is 10.00. The van der Waals surface area contributed by atoms with Crippen molar-refractivity contribution in [1.29, 1.82) is 0 Å². The van der Waals surface area contributed by atoms with Gasteiger partial charge in [-0.2, -0.15) is 16.7 Å². The summed E-state index contributed by atoms with van der Waals surface area (Å²) in [6.07, 6.45) is 2.12. The van der Waals surface area contributed by atoms with E-state index in [0.29, 0.717) is 11.6 Å². The lowest BCUT2D eigenvalue weighted by Crippen LogP contribution is -2.22. The normalized spacial score (nSPS) is 11.0. The van der Waals surface area contributed by atoms with Gasteiger partial charge in [0.15, 0.2) is 5.58 Å². The molecule has 32 heavy (non-hydrogen) atoms. The fourth-order valence-corrected chi connectivity index (χ4v) is 4.39. The van der Waals surface area contributed by atoms with Gasteiger partial charge in [0.1, 0.15) is 5.52 Å². The van der Waals surface area contributed by atoms with E-state index in [1.54, 1.807) is 19.0 Å². The molecule has 4 rings (SSSR count). The maximum Gasteiger partial charge on any atom is 0.300 e. The van der Waals surface area contributed by atoms with Gasteiger partial charge in [0.25, 0.3) is 11.9 Å². The number of carbonyl (C=O) groups is 1. The molecule has 0 radical (unpaired) electrons. The second-order valence-electron chi connectivity index (χ2n) is 8.10. The van der Waals surface area contributed by atoms with E-state index in [4.69, 9.17) is 4.42 Å². The molecule has 164 valence electrons. The first-order valence-corrected chi connectivity index (χ1v) is 11.8. The lowest BCUT2D eigenvalue weighted by molar-refractivity contribution is 0.0827. The van der Waals surface area contributed by atoms with Crippen LogP contribution < -0.4 is 5.32 Å².